The minimum absolute atomic E-state index is 0.0727. The van der Waals surface area contributed by atoms with Gasteiger partial charge in [-0.15, -0.1) is 23.1 Å². The zero-order valence-corrected chi connectivity index (χ0v) is 22.0. The number of rotatable bonds is 8. The molecular formula is C25H27N3O3S3. The van der Waals surface area contributed by atoms with E-state index < -0.39 is 15.7 Å². The summed E-state index contributed by atoms with van der Waals surface area (Å²) < 4.78 is 31.4. The molecule has 0 aliphatic carbocycles. The molecule has 4 rings (SSSR count). The van der Waals surface area contributed by atoms with Gasteiger partial charge in [0, 0.05) is 10.6 Å². The van der Waals surface area contributed by atoms with Crippen LogP contribution in [0.3, 0.4) is 0 Å². The molecule has 0 aromatic heterocycles. The molecule has 0 radical (unpaired) electrons. The summed E-state index contributed by atoms with van der Waals surface area (Å²) >= 11 is 3.20. The molecule has 0 saturated heterocycles. The van der Waals surface area contributed by atoms with Crippen LogP contribution in [0.15, 0.2) is 68.5 Å². The largest absolute Gasteiger partial charge is 0.354 e. The van der Waals surface area contributed by atoms with Crippen LogP contribution in [0.5, 0.6) is 0 Å². The topological polar surface area (TPSA) is 81.1 Å². The minimum Gasteiger partial charge on any atom is -0.261 e. The van der Waals surface area contributed by atoms with Crippen molar-refractivity contribution in [2.75, 3.05) is 10.5 Å². The Hall–Kier alpha value is -2.62. The number of anilines is 1. The molecule has 2 heterocycles. The Morgan fingerprint density at radius 1 is 1.03 bits per heavy atom. The van der Waals surface area contributed by atoms with Gasteiger partial charge in [-0.2, -0.15) is 4.98 Å². The molecule has 2 aliphatic rings. The quantitative estimate of drug-likeness (QED) is 0.294. The van der Waals surface area contributed by atoms with E-state index in [0.717, 1.165) is 38.1 Å². The average Bonchev–Trinajstić information content (AvgIpc) is 3.13. The monoisotopic (exact) mass is 513 g/mol. The third-order valence-corrected chi connectivity index (χ3v) is 9.40. The molecule has 0 saturated carbocycles. The van der Waals surface area contributed by atoms with Crippen molar-refractivity contribution in [2.45, 2.75) is 43.2 Å². The lowest BCUT2D eigenvalue weighted by atomic mass is 10.1. The average molecular weight is 514 g/mol. The Balaban J connectivity index is 1.69. The zero-order valence-electron chi connectivity index (χ0n) is 19.5. The molecule has 0 amide bonds. The molecule has 6 nitrogen and oxygen atoms in total. The van der Waals surface area contributed by atoms with Gasteiger partial charge in [-0.1, -0.05) is 56.3 Å². The fraction of sp³-hybridized carbons (Fsp3) is 0.280. The van der Waals surface area contributed by atoms with Gasteiger partial charge in [0.05, 0.1) is 9.10 Å². The molecule has 0 spiro atoms. The Labute approximate surface area is 208 Å². The maximum Gasteiger partial charge on any atom is 0.354 e. The van der Waals surface area contributed by atoms with Crippen LogP contribution >= 0.6 is 23.1 Å². The predicted octanol–water partition coefficient (Wildman–Crippen LogP) is 5.95. The van der Waals surface area contributed by atoms with Crippen molar-refractivity contribution in [1.29, 1.82) is 0 Å². The summed E-state index contributed by atoms with van der Waals surface area (Å²) in [5.41, 5.74) is 2.74. The Kier molecular flexibility index (Phi) is 7.16. The second kappa shape index (κ2) is 9.93. The van der Waals surface area contributed by atoms with Gasteiger partial charge in [0.15, 0.2) is 5.82 Å². The van der Waals surface area contributed by atoms with E-state index in [4.69, 9.17) is 0 Å². The number of nitrogens with zero attached hydrogens (tertiary/aromatic N) is 2. The lowest BCUT2D eigenvalue weighted by molar-refractivity contribution is 0.601. The van der Waals surface area contributed by atoms with E-state index in [9.17, 15) is 13.2 Å². The van der Waals surface area contributed by atoms with Crippen LogP contribution in [0, 0.1) is 19.8 Å². The summed E-state index contributed by atoms with van der Waals surface area (Å²) in [4.78, 5) is 17.9. The van der Waals surface area contributed by atoms with Crippen molar-refractivity contribution in [3.05, 3.63) is 75.7 Å². The van der Waals surface area contributed by atoms with E-state index in [1.54, 1.807) is 47.4 Å². The standard InChI is InChI=1S/C25H27N3O3S3/c1-16(2)14-15-32-24-22-23(26-25(29)28(22)17(3)18(4)33-24)27-34(30,31)21-12-10-20(11-13-21)19-8-6-5-7-9-19/h5-13,16H,14-15H2,1-4H3,(H,26,27,29). The number of aryl methyl sites for hydroxylation is 1. The van der Waals surface area contributed by atoms with Gasteiger partial charge in [-0.25, -0.2) is 13.2 Å². The number of thioether (sulfide) groups is 1. The van der Waals surface area contributed by atoms with Crippen LogP contribution in [0.1, 0.15) is 30.8 Å². The van der Waals surface area contributed by atoms with Gasteiger partial charge in [-0.3, -0.25) is 9.29 Å². The van der Waals surface area contributed by atoms with Crippen molar-refractivity contribution in [3.63, 3.8) is 0 Å². The third-order valence-electron chi connectivity index (χ3n) is 5.56. The van der Waals surface area contributed by atoms with Crippen LogP contribution in [0.2, 0.25) is 0 Å². The first-order valence-electron chi connectivity index (χ1n) is 11.0. The van der Waals surface area contributed by atoms with Gasteiger partial charge in [0.1, 0.15) is 5.69 Å². The number of benzene rings is 2. The number of aromatic nitrogens is 2. The second-order valence-corrected chi connectivity index (χ2v) is 12.8. The summed E-state index contributed by atoms with van der Waals surface area (Å²) in [5.74, 6) is 1.50. The minimum atomic E-state index is -3.93. The van der Waals surface area contributed by atoms with Crippen LogP contribution in [0.4, 0.5) is 5.82 Å². The van der Waals surface area contributed by atoms with Gasteiger partial charge in [0.2, 0.25) is 0 Å². The van der Waals surface area contributed by atoms with Crippen molar-refractivity contribution >= 4 is 38.9 Å². The van der Waals surface area contributed by atoms with E-state index >= 15 is 0 Å². The molecule has 0 fully saturated rings. The van der Waals surface area contributed by atoms with E-state index in [1.165, 1.54) is 4.57 Å². The number of sulfonamides is 1. The van der Waals surface area contributed by atoms with Gasteiger partial charge >= 0.3 is 5.69 Å². The molecule has 0 unspecified atom stereocenters. The molecule has 2 aliphatic heterocycles. The Bertz CT molecular complexity index is 1420. The van der Waals surface area contributed by atoms with Crippen LogP contribution in [-0.4, -0.2) is 23.7 Å². The maximum atomic E-state index is 13.2. The molecule has 1 N–H and O–H groups in total. The van der Waals surface area contributed by atoms with Crippen LogP contribution < -0.4 is 10.4 Å². The molecular weight excluding hydrogens is 486 g/mol. The lowest BCUT2D eigenvalue weighted by Crippen LogP contribution is -2.17. The zero-order chi connectivity index (χ0) is 24.5. The Morgan fingerprint density at radius 3 is 2.32 bits per heavy atom. The number of fused-ring (bicyclic) bond motifs is 1. The number of hydrogen-bond donors (Lipinski definition) is 1. The van der Waals surface area contributed by atoms with Gasteiger partial charge in [-0.05, 0) is 55.2 Å². The van der Waals surface area contributed by atoms with E-state index in [0.29, 0.717) is 11.6 Å². The van der Waals surface area contributed by atoms with Crippen molar-refractivity contribution in [3.8, 4) is 16.8 Å². The number of hydrogen-bond acceptors (Lipinski definition) is 6. The summed E-state index contributed by atoms with van der Waals surface area (Å²) in [6.45, 7) is 8.14. The highest BCUT2D eigenvalue weighted by Gasteiger charge is 2.27. The molecule has 34 heavy (non-hydrogen) atoms. The van der Waals surface area contributed by atoms with E-state index in [2.05, 4.69) is 23.6 Å². The van der Waals surface area contributed by atoms with Gasteiger partial charge in [0.25, 0.3) is 10.0 Å². The molecule has 2 aromatic carbocycles. The van der Waals surface area contributed by atoms with Crippen LogP contribution in [-0.2, 0) is 10.0 Å². The first kappa shape index (κ1) is 24.5. The molecule has 0 atom stereocenters. The summed E-state index contributed by atoms with van der Waals surface area (Å²) in [7, 11) is -3.93. The molecule has 178 valence electrons. The summed E-state index contributed by atoms with van der Waals surface area (Å²) in [5, 5.41) is 0. The smallest absolute Gasteiger partial charge is 0.261 e. The highest BCUT2D eigenvalue weighted by Crippen LogP contribution is 2.39. The SMILES string of the molecule is Cc1sc(SCCC(C)C)c2c(NS(=O)(=O)c3ccc(-c4ccccc4)cc3)nc(=O)n-2c1C. The number of nitrogens with one attached hydrogen (secondary N) is 1. The summed E-state index contributed by atoms with van der Waals surface area (Å²) in [6, 6.07) is 16.4. The summed E-state index contributed by atoms with van der Waals surface area (Å²) in [6.07, 6.45) is 1.02. The second-order valence-electron chi connectivity index (χ2n) is 8.49. The first-order valence-corrected chi connectivity index (χ1v) is 14.3. The lowest BCUT2D eigenvalue weighted by Gasteiger charge is -2.16. The van der Waals surface area contributed by atoms with Gasteiger partial charge < -0.3 is 0 Å². The van der Waals surface area contributed by atoms with E-state index in [1.807, 2.05) is 44.2 Å². The van der Waals surface area contributed by atoms with E-state index in [-0.39, 0.29) is 10.7 Å². The van der Waals surface area contributed by atoms with Crippen molar-refractivity contribution in [1.82, 2.24) is 9.55 Å². The normalized spacial score (nSPS) is 11.9. The molecule has 9 heteroatoms. The predicted molar refractivity (Wildman–Crippen MR) is 141 cm³/mol. The Morgan fingerprint density at radius 2 is 1.68 bits per heavy atom. The third kappa shape index (κ3) is 5.06. The van der Waals surface area contributed by atoms with Crippen molar-refractivity contribution < 1.29 is 8.42 Å². The highest BCUT2D eigenvalue weighted by atomic mass is 32.2. The van der Waals surface area contributed by atoms with Crippen molar-refractivity contribution in [2.24, 2.45) is 5.92 Å². The van der Waals surface area contributed by atoms with Crippen LogP contribution in [0.25, 0.3) is 16.8 Å². The fourth-order valence-electron chi connectivity index (χ4n) is 3.52. The fourth-order valence-corrected chi connectivity index (χ4v) is 7.29. The first-order chi connectivity index (χ1) is 16.2. The number of imidazole rings is 1. The molecule has 0 bridgehead atoms. The highest BCUT2D eigenvalue weighted by molar-refractivity contribution is 8.01. The molecule has 2 aromatic rings. The maximum absolute atomic E-state index is 13.2.